The number of carbonyl (C=O) groups excluding carboxylic acids is 1. The van der Waals surface area contributed by atoms with Crippen LogP contribution in [-0.2, 0) is 11.2 Å². The molecule has 150 valence electrons. The normalized spacial score (nSPS) is 13.1. The van der Waals surface area contributed by atoms with Gasteiger partial charge in [0.15, 0.2) is 0 Å². The summed E-state index contributed by atoms with van der Waals surface area (Å²) in [5.74, 6) is -0.688. The smallest absolute Gasteiger partial charge is 0.253 e. The van der Waals surface area contributed by atoms with Gasteiger partial charge < -0.3 is 10.1 Å². The molecule has 0 spiro atoms. The Labute approximate surface area is 170 Å². The Morgan fingerprint density at radius 3 is 2.66 bits per heavy atom. The number of amides is 1. The number of hydrogen-bond acceptors (Lipinski definition) is 3. The predicted molar refractivity (Wildman–Crippen MR) is 113 cm³/mol. The molecule has 5 heteroatoms. The van der Waals surface area contributed by atoms with Crippen molar-refractivity contribution < 1.29 is 13.9 Å². The standard InChI is InChI=1S/C24H25FN2O2/c1-17(2)13-24(16-29-3,14-18-8-5-4-6-9-18)27-23(28)20-12-19-10-7-11-21(25)22(19)26-15-20/h4-12,15H,1,13-14,16H2,2-3H3,(H,27,28). The molecule has 0 saturated heterocycles. The zero-order chi connectivity index (χ0) is 20.9. The van der Waals surface area contributed by atoms with Crippen LogP contribution in [0.25, 0.3) is 10.9 Å². The molecule has 0 fully saturated rings. The summed E-state index contributed by atoms with van der Waals surface area (Å²) in [6.07, 6.45) is 2.56. The SMILES string of the molecule is C=C(C)CC(COC)(Cc1ccccc1)NC(=O)c1cnc2c(F)cccc2c1. The van der Waals surface area contributed by atoms with Crippen LogP contribution >= 0.6 is 0 Å². The molecule has 1 amide bonds. The topological polar surface area (TPSA) is 51.2 Å². The van der Waals surface area contributed by atoms with E-state index in [1.165, 1.54) is 12.3 Å². The van der Waals surface area contributed by atoms with Crippen molar-refractivity contribution in [2.45, 2.75) is 25.3 Å². The Hall–Kier alpha value is -3.05. The summed E-state index contributed by atoms with van der Waals surface area (Å²) in [6.45, 7) is 6.30. The van der Waals surface area contributed by atoms with E-state index in [2.05, 4.69) is 16.9 Å². The van der Waals surface area contributed by atoms with Crippen molar-refractivity contribution in [1.29, 1.82) is 0 Å². The molecule has 4 nitrogen and oxygen atoms in total. The lowest BCUT2D eigenvalue weighted by molar-refractivity contribution is 0.0752. The van der Waals surface area contributed by atoms with Crippen molar-refractivity contribution in [3.05, 3.63) is 89.9 Å². The maximum atomic E-state index is 13.9. The summed E-state index contributed by atoms with van der Waals surface area (Å²) in [7, 11) is 1.62. The van der Waals surface area contributed by atoms with Gasteiger partial charge in [-0.3, -0.25) is 9.78 Å². The lowest BCUT2D eigenvalue weighted by Gasteiger charge is -2.35. The van der Waals surface area contributed by atoms with Crippen molar-refractivity contribution >= 4 is 16.8 Å². The molecule has 1 unspecified atom stereocenters. The highest BCUT2D eigenvalue weighted by atomic mass is 19.1. The number of nitrogens with zero attached hydrogens (tertiary/aromatic N) is 1. The van der Waals surface area contributed by atoms with E-state index in [1.807, 2.05) is 37.3 Å². The van der Waals surface area contributed by atoms with Crippen molar-refractivity contribution in [2.75, 3.05) is 13.7 Å². The molecule has 3 rings (SSSR count). The summed E-state index contributed by atoms with van der Waals surface area (Å²) >= 11 is 0. The second-order valence-corrected chi connectivity index (χ2v) is 7.50. The van der Waals surface area contributed by atoms with Gasteiger partial charge in [-0.2, -0.15) is 0 Å². The molecule has 0 aliphatic heterocycles. The van der Waals surface area contributed by atoms with E-state index >= 15 is 0 Å². The van der Waals surface area contributed by atoms with Crippen molar-refractivity contribution in [3.8, 4) is 0 Å². The fraction of sp³-hybridized carbons (Fsp3) is 0.250. The summed E-state index contributed by atoms with van der Waals surface area (Å²) in [5.41, 5.74) is 1.99. The number of pyridine rings is 1. The molecule has 0 bridgehead atoms. The number of fused-ring (bicyclic) bond motifs is 1. The number of para-hydroxylation sites is 1. The van der Waals surface area contributed by atoms with E-state index in [0.717, 1.165) is 11.1 Å². The largest absolute Gasteiger partial charge is 0.382 e. The minimum atomic E-state index is -0.657. The highest BCUT2D eigenvalue weighted by Crippen LogP contribution is 2.24. The van der Waals surface area contributed by atoms with Crippen molar-refractivity contribution in [3.63, 3.8) is 0 Å². The first-order chi connectivity index (χ1) is 13.9. The first kappa shape index (κ1) is 20.7. The molecule has 29 heavy (non-hydrogen) atoms. The van der Waals surface area contributed by atoms with Gasteiger partial charge in [-0.05, 0) is 37.5 Å². The second-order valence-electron chi connectivity index (χ2n) is 7.50. The van der Waals surface area contributed by atoms with Gasteiger partial charge in [0.25, 0.3) is 5.91 Å². The molecule has 0 aliphatic carbocycles. The van der Waals surface area contributed by atoms with Gasteiger partial charge in [0.2, 0.25) is 0 Å². The number of ether oxygens (including phenoxy) is 1. The first-order valence-corrected chi connectivity index (χ1v) is 9.46. The number of nitrogens with one attached hydrogen (secondary N) is 1. The van der Waals surface area contributed by atoms with Crippen LogP contribution in [0.5, 0.6) is 0 Å². The minimum Gasteiger partial charge on any atom is -0.382 e. The van der Waals surface area contributed by atoms with Crippen LogP contribution in [0.15, 0.2) is 72.9 Å². The van der Waals surface area contributed by atoms with Gasteiger partial charge in [0.05, 0.1) is 17.7 Å². The molecular formula is C24H25FN2O2. The predicted octanol–water partition coefficient (Wildman–Crippen LogP) is 4.70. The number of rotatable bonds is 8. The third kappa shape index (κ3) is 5.06. The van der Waals surface area contributed by atoms with Gasteiger partial charge in [-0.1, -0.05) is 48.0 Å². The lowest BCUT2D eigenvalue weighted by atomic mass is 9.85. The number of methoxy groups -OCH3 is 1. The zero-order valence-corrected chi connectivity index (χ0v) is 16.7. The average Bonchev–Trinajstić information content (AvgIpc) is 2.68. The monoisotopic (exact) mass is 392 g/mol. The van der Waals surface area contributed by atoms with E-state index in [9.17, 15) is 9.18 Å². The molecular weight excluding hydrogens is 367 g/mol. The maximum Gasteiger partial charge on any atom is 0.253 e. The molecule has 1 N–H and O–H groups in total. The summed E-state index contributed by atoms with van der Waals surface area (Å²) < 4.78 is 19.4. The Morgan fingerprint density at radius 2 is 1.97 bits per heavy atom. The molecule has 0 saturated carbocycles. The van der Waals surface area contributed by atoms with Gasteiger partial charge in [-0.15, -0.1) is 6.58 Å². The molecule has 0 aliphatic rings. The van der Waals surface area contributed by atoms with Crippen LogP contribution in [0.1, 0.15) is 29.3 Å². The van der Waals surface area contributed by atoms with Gasteiger partial charge in [0, 0.05) is 18.7 Å². The van der Waals surface area contributed by atoms with Gasteiger partial charge in [-0.25, -0.2) is 4.39 Å². The summed E-state index contributed by atoms with van der Waals surface area (Å²) in [5, 5.41) is 3.73. The van der Waals surface area contributed by atoms with Gasteiger partial charge in [0.1, 0.15) is 11.3 Å². The van der Waals surface area contributed by atoms with Crippen LogP contribution in [0.3, 0.4) is 0 Å². The summed E-state index contributed by atoms with van der Waals surface area (Å²) in [4.78, 5) is 17.2. The number of halogens is 1. The van der Waals surface area contributed by atoms with E-state index in [-0.39, 0.29) is 11.4 Å². The molecule has 2 aromatic carbocycles. The average molecular weight is 392 g/mol. The molecule has 1 atom stereocenters. The highest BCUT2D eigenvalue weighted by molar-refractivity contribution is 5.97. The van der Waals surface area contributed by atoms with Crippen molar-refractivity contribution in [1.82, 2.24) is 10.3 Å². The third-order valence-electron chi connectivity index (χ3n) is 4.75. The molecule has 0 radical (unpaired) electrons. The lowest BCUT2D eigenvalue weighted by Crippen LogP contribution is -2.53. The molecule has 1 heterocycles. The highest BCUT2D eigenvalue weighted by Gasteiger charge is 2.33. The van der Waals surface area contributed by atoms with Crippen LogP contribution in [0.4, 0.5) is 4.39 Å². The zero-order valence-electron chi connectivity index (χ0n) is 16.7. The first-order valence-electron chi connectivity index (χ1n) is 9.46. The van der Waals surface area contributed by atoms with Crippen LogP contribution in [0.2, 0.25) is 0 Å². The minimum absolute atomic E-state index is 0.249. The Kier molecular flexibility index (Phi) is 6.39. The Bertz CT molecular complexity index is 1020. The van der Waals surface area contributed by atoms with E-state index in [1.54, 1.807) is 25.3 Å². The fourth-order valence-electron chi connectivity index (χ4n) is 3.69. The Morgan fingerprint density at radius 1 is 1.21 bits per heavy atom. The Balaban J connectivity index is 1.93. The van der Waals surface area contributed by atoms with E-state index in [0.29, 0.717) is 30.4 Å². The van der Waals surface area contributed by atoms with E-state index in [4.69, 9.17) is 4.74 Å². The number of benzene rings is 2. The number of carbonyl (C=O) groups is 1. The van der Waals surface area contributed by atoms with E-state index < -0.39 is 11.4 Å². The number of hydrogen-bond donors (Lipinski definition) is 1. The molecule has 3 aromatic rings. The maximum absolute atomic E-state index is 13.9. The second kappa shape index (κ2) is 8.97. The van der Waals surface area contributed by atoms with Gasteiger partial charge >= 0.3 is 0 Å². The van der Waals surface area contributed by atoms with Crippen LogP contribution in [0, 0.1) is 5.82 Å². The van der Waals surface area contributed by atoms with Crippen molar-refractivity contribution in [2.24, 2.45) is 0 Å². The fourth-order valence-corrected chi connectivity index (χ4v) is 3.69. The van der Waals surface area contributed by atoms with Crippen LogP contribution < -0.4 is 5.32 Å². The third-order valence-corrected chi connectivity index (χ3v) is 4.75. The molecule has 1 aromatic heterocycles. The summed E-state index contributed by atoms with van der Waals surface area (Å²) in [6, 6.07) is 16.3. The number of aromatic nitrogens is 1. The quantitative estimate of drug-likeness (QED) is 0.566. The van der Waals surface area contributed by atoms with Crippen LogP contribution in [-0.4, -0.2) is 30.1 Å².